The molecule has 1 fully saturated rings. The van der Waals surface area contributed by atoms with Gasteiger partial charge in [-0.2, -0.15) is 5.10 Å². The summed E-state index contributed by atoms with van der Waals surface area (Å²) in [4.78, 5) is 11.4. The van der Waals surface area contributed by atoms with Gasteiger partial charge in [0.15, 0.2) is 0 Å². The van der Waals surface area contributed by atoms with E-state index in [9.17, 15) is 4.79 Å². The van der Waals surface area contributed by atoms with Crippen molar-refractivity contribution < 1.29 is 9.90 Å². The molecule has 0 unspecified atom stereocenters. The van der Waals surface area contributed by atoms with E-state index in [0.29, 0.717) is 17.3 Å². The molecule has 0 spiro atoms. The average molecular weight is 248 g/mol. The summed E-state index contributed by atoms with van der Waals surface area (Å²) in [6, 6.07) is 3.89. The van der Waals surface area contributed by atoms with E-state index < -0.39 is 5.97 Å². The largest absolute Gasteiger partial charge is 0.477 e. The summed E-state index contributed by atoms with van der Waals surface area (Å²) in [6.45, 7) is 0.540. The molecule has 2 aromatic heterocycles. The number of aromatic carboxylic acids is 1. The molecule has 0 atom stereocenters. The van der Waals surface area contributed by atoms with Crippen molar-refractivity contribution in [2.75, 3.05) is 0 Å². The first-order valence-electron chi connectivity index (χ1n) is 5.57. The number of hydrogen-bond donors (Lipinski definition) is 1. The van der Waals surface area contributed by atoms with Crippen molar-refractivity contribution in [2.24, 2.45) is 0 Å². The molecular weight excluding hydrogens is 236 g/mol. The van der Waals surface area contributed by atoms with Crippen molar-refractivity contribution in [1.82, 2.24) is 9.78 Å². The molecule has 0 amide bonds. The number of rotatable bonds is 4. The molecule has 2 aromatic rings. The second-order valence-corrected chi connectivity index (χ2v) is 5.21. The number of hydrogen-bond acceptors (Lipinski definition) is 3. The lowest BCUT2D eigenvalue weighted by Gasteiger charge is -2.00. The van der Waals surface area contributed by atoms with Crippen molar-refractivity contribution in [2.45, 2.75) is 25.3 Å². The Morgan fingerprint density at radius 2 is 2.35 bits per heavy atom. The number of aromatic nitrogens is 2. The minimum atomic E-state index is -0.857. The third-order valence-corrected chi connectivity index (χ3v) is 3.87. The van der Waals surface area contributed by atoms with Gasteiger partial charge in [-0.25, -0.2) is 4.79 Å². The van der Waals surface area contributed by atoms with Gasteiger partial charge in [-0.15, -0.1) is 11.3 Å². The maximum Gasteiger partial charge on any atom is 0.346 e. The summed E-state index contributed by atoms with van der Waals surface area (Å²) in [7, 11) is 0. The van der Waals surface area contributed by atoms with Gasteiger partial charge in [0.2, 0.25) is 0 Å². The van der Waals surface area contributed by atoms with Crippen molar-refractivity contribution in [3.8, 4) is 0 Å². The van der Waals surface area contributed by atoms with E-state index in [2.05, 4.69) is 5.10 Å². The van der Waals surface area contributed by atoms with E-state index in [0.717, 1.165) is 11.3 Å². The SMILES string of the molecule is O=C(O)c1sccc1Cn1ccc(C2CC2)n1. The Balaban J connectivity index is 1.80. The van der Waals surface area contributed by atoms with E-state index >= 15 is 0 Å². The molecule has 2 heterocycles. The predicted octanol–water partition coefficient (Wildman–Crippen LogP) is 2.57. The molecule has 3 rings (SSSR count). The lowest BCUT2D eigenvalue weighted by atomic mass is 10.2. The van der Waals surface area contributed by atoms with E-state index in [1.54, 1.807) is 0 Å². The zero-order valence-corrected chi connectivity index (χ0v) is 9.98. The number of nitrogens with zero attached hydrogens (tertiary/aromatic N) is 2. The number of thiophene rings is 1. The van der Waals surface area contributed by atoms with Crippen molar-refractivity contribution in [3.63, 3.8) is 0 Å². The fraction of sp³-hybridized carbons (Fsp3) is 0.333. The molecule has 0 aromatic carbocycles. The Kier molecular flexibility index (Phi) is 2.48. The molecular formula is C12H12N2O2S. The minimum absolute atomic E-state index is 0.411. The second kappa shape index (κ2) is 4.00. The van der Waals surface area contributed by atoms with E-state index in [-0.39, 0.29) is 0 Å². The molecule has 1 N–H and O–H groups in total. The summed E-state index contributed by atoms with van der Waals surface area (Å²) >= 11 is 1.26. The summed E-state index contributed by atoms with van der Waals surface area (Å²) in [5, 5.41) is 15.3. The van der Waals surface area contributed by atoms with Crippen molar-refractivity contribution in [1.29, 1.82) is 0 Å². The smallest absolute Gasteiger partial charge is 0.346 e. The summed E-state index contributed by atoms with van der Waals surface area (Å²) in [5.74, 6) is -0.220. The Morgan fingerprint density at radius 1 is 1.53 bits per heavy atom. The zero-order chi connectivity index (χ0) is 11.8. The Morgan fingerprint density at radius 3 is 3.06 bits per heavy atom. The van der Waals surface area contributed by atoms with Gasteiger partial charge < -0.3 is 5.11 Å². The molecule has 5 heteroatoms. The first-order valence-corrected chi connectivity index (χ1v) is 6.45. The van der Waals surface area contributed by atoms with Gasteiger partial charge in [-0.1, -0.05) is 0 Å². The monoisotopic (exact) mass is 248 g/mol. The molecule has 4 nitrogen and oxygen atoms in total. The molecule has 0 bridgehead atoms. The van der Waals surface area contributed by atoms with Crippen LogP contribution in [0.25, 0.3) is 0 Å². The molecule has 0 radical (unpaired) electrons. The van der Waals surface area contributed by atoms with Gasteiger partial charge in [-0.05, 0) is 35.9 Å². The number of carboxylic acids is 1. The molecule has 17 heavy (non-hydrogen) atoms. The lowest BCUT2D eigenvalue weighted by Crippen LogP contribution is -2.04. The van der Waals surface area contributed by atoms with Crippen LogP contribution in [0.1, 0.15) is 39.7 Å². The van der Waals surface area contributed by atoms with Crippen LogP contribution in [0.5, 0.6) is 0 Å². The van der Waals surface area contributed by atoms with Gasteiger partial charge in [0.05, 0.1) is 12.2 Å². The molecule has 0 saturated heterocycles. The standard InChI is InChI=1S/C12H12N2O2S/c15-12(16)11-9(4-6-17-11)7-14-5-3-10(13-14)8-1-2-8/h3-6,8H,1-2,7H2,(H,15,16). The second-order valence-electron chi connectivity index (χ2n) is 4.29. The minimum Gasteiger partial charge on any atom is -0.477 e. The highest BCUT2D eigenvalue weighted by atomic mass is 32.1. The van der Waals surface area contributed by atoms with Gasteiger partial charge in [0.1, 0.15) is 4.88 Å². The van der Waals surface area contributed by atoms with Crippen LogP contribution in [0.2, 0.25) is 0 Å². The average Bonchev–Trinajstić information content (AvgIpc) is 2.87. The highest BCUT2D eigenvalue weighted by Gasteiger charge is 2.25. The van der Waals surface area contributed by atoms with Gasteiger partial charge in [-0.3, -0.25) is 4.68 Å². The topological polar surface area (TPSA) is 55.1 Å². The third kappa shape index (κ3) is 2.10. The van der Waals surface area contributed by atoms with Gasteiger partial charge >= 0.3 is 5.97 Å². The zero-order valence-electron chi connectivity index (χ0n) is 9.17. The van der Waals surface area contributed by atoms with E-state index in [4.69, 9.17) is 5.11 Å². The van der Waals surface area contributed by atoms with Crippen LogP contribution in [-0.4, -0.2) is 20.9 Å². The summed E-state index contributed by atoms with van der Waals surface area (Å²) in [6.07, 6.45) is 4.39. The number of carboxylic acid groups (broad SMARTS) is 1. The molecule has 88 valence electrons. The summed E-state index contributed by atoms with van der Waals surface area (Å²) in [5.41, 5.74) is 1.96. The maximum absolute atomic E-state index is 11.0. The van der Waals surface area contributed by atoms with Gasteiger partial charge in [0.25, 0.3) is 0 Å². The Bertz CT molecular complexity index is 554. The van der Waals surface area contributed by atoms with Crippen LogP contribution in [0, 0.1) is 0 Å². The molecule has 1 saturated carbocycles. The highest BCUT2D eigenvalue weighted by Crippen LogP contribution is 2.38. The predicted molar refractivity (Wildman–Crippen MR) is 64.6 cm³/mol. The van der Waals surface area contributed by atoms with Crippen LogP contribution in [0.15, 0.2) is 23.7 Å². The van der Waals surface area contributed by atoms with Crippen LogP contribution >= 0.6 is 11.3 Å². The van der Waals surface area contributed by atoms with E-state index in [1.807, 2.05) is 28.4 Å². The fourth-order valence-corrected chi connectivity index (χ4v) is 2.64. The van der Waals surface area contributed by atoms with Gasteiger partial charge in [0, 0.05) is 12.1 Å². The van der Waals surface area contributed by atoms with Crippen molar-refractivity contribution in [3.05, 3.63) is 39.8 Å². The van der Waals surface area contributed by atoms with Crippen LogP contribution in [-0.2, 0) is 6.54 Å². The third-order valence-electron chi connectivity index (χ3n) is 2.93. The molecule has 0 aliphatic heterocycles. The quantitative estimate of drug-likeness (QED) is 0.904. The highest BCUT2D eigenvalue weighted by molar-refractivity contribution is 7.12. The normalized spacial score (nSPS) is 15.1. The Labute approximate surface area is 103 Å². The first-order chi connectivity index (χ1) is 8.24. The molecule has 1 aliphatic carbocycles. The number of carbonyl (C=O) groups is 1. The van der Waals surface area contributed by atoms with Crippen LogP contribution < -0.4 is 0 Å². The Hall–Kier alpha value is -1.62. The first kappa shape index (κ1) is 10.5. The lowest BCUT2D eigenvalue weighted by molar-refractivity contribution is 0.0701. The van der Waals surface area contributed by atoms with Crippen LogP contribution in [0.4, 0.5) is 0 Å². The van der Waals surface area contributed by atoms with E-state index in [1.165, 1.54) is 24.2 Å². The fourth-order valence-electron chi connectivity index (χ4n) is 1.88. The van der Waals surface area contributed by atoms with Crippen molar-refractivity contribution >= 4 is 17.3 Å². The summed E-state index contributed by atoms with van der Waals surface area (Å²) < 4.78 is 1.82. The molecule has 1 aliphatic rings. The van der Waals surface area contributed by atoms with Crippen LogP contribution in [0.3, 0.4) is 0 Å². The maximum atomic E-state index is 11.0.